The van der Waals surface area contributed by atoms with Gasteiger partial charge in [0.2, 0.25) is 0 Å². The molecule has 1 aromatic rings. The smallest absolute Gasteiger partial charge is 0.312 e. The largest absolute Gasteiger partial charge is 0.469 e. The molecule has 1 aromatic carbocycles. The Hall–Kier alpha value is -2.15. The number of nitro groups is 1. The molecule has 1 saturated heterocycles. The summed E-state index contributed by atoms with van der Waals surface area (Å²) in [4.78, 5) is 26.8. The van der Waals surface area contributed by atoms with Gasteiger partial charge in [-0.25, -0.2) is 0 Å². The number of rotatable bonds is 4. The number of esters is 1. The van der Waals surface area contributed by atoms with Crippen LogP contribution in [-0.2, 0) is 9.53 Å². The zero-order valence-corrected chi connectivity index (χ0v) is 13.1. The lowest BCUT2D eigenvalue weighted by molar-refractivity contribution is -0.384. The molecule has 0 radical (unpaired) electrons. The number of likely N-dealkylation sites (N-methyl/N-ethyl adjacent to an activating group) is 1. The Morgan fingerprint density at radius 1 is 1.32 bits per heavy atom. The molecule has 1 aliphatic heterocycles. The van der Waals surface area contributed by atoms with Crippen LogP contribution in [0.15, 0.2) is 18.2 Å². The molecule has 1 unspecified atom stereocenters. The SMILES string of the molecule is COC(=O)C(C)c1cc([N+](=O)[O-])ccc1N1CCN(C)CC1. The molecule has 0 saturated carbocycles. The van der Waals surface area contributed by atoms with Gasteiger partial charge in [0.05, 0.1) is 18.0 Å². The number of carbonyl (C=O) groups is 1. The van der Waals surface area contributed by atoms with E-state index in [1.54, 1.807) is 13.0 Å². The average molecular weight is 307 g/mol. The predicted octanol–water partition coefficient (Wildman–Crippen LogP) is 1.62. The number of piperazine rings is 1. The van der Waals surface area contributed by atoms with Gasteiger partial charge in [0.15, 0.2) is 0 Å². The Morgan fingerprint density at radius 2 is 1.95 bits per heavy atom. The number of carbonyl (C=O) groups excluding carboxylic acids is 1. The maximum absolute atomic E-state index is 11.9. The number of nitro benzene ring substituents is 1. The Labute approximate surface area is 129 Å². The maximum Gasteiger partial charge on any atom is 0.312 e. The van der Waals surface area contributed by atoms with E-state index in [2.05, 4.69) is 16.8 Å². The van der Waals surface area contributed by atoms with Crippen molar-refractivity contribution in [3.8, 4) is 0 Å². The van der Waals surface area contributed by atoms with Crippen molar-refractivity contribution in [3.05, 3.63) is 33.9 Å². The third-order valence-corrected chi connectivity index (χ3v) is 4.09. The fraction of sp³-hybridized carbons (Fsp3) is 0.533. The fourth-order valence-corrected chi connectivity index (χ4v) is 2.64. The van der Waals surface area contributed by atoms with Crippen molar-refractivity contribution in [2.24, 2.45) is 0 Å². The van der Waals surface area contributed by atoms with Crippen molar-refractivity contribution < 1.29 is 14.5 Å². The molecule has 1 heterocycles. The molecule has 0 spiro atoms. The second-order valence-corrected chi connectivity index (χ2v) is 5.54. The highest BCUT2D eigenvalue weighted by Crippen LogP contribution is 2.32. The molecular weight excluding hydrogens is 286 g/mol. The first-order valence-corrected chi connectivity index (χ1v) is 7.23. The van der Waals surface area contributed by atoms with E-state index < -0.39 is 16.8 Å². The molecule has 22 heavy (non-hydrogen) atoms. The summed E-state index contributed by atoms with van der Waals surface area (Å²) in [5.41, 5.74) is 1.51. The molecule has 0 aromatic heterocycles. The highest BCUT2D eigenvalue weighted by Gasteiger charge is 2.25. The summed E-state index contributed by atoms with van der Waals surface area (Å²) in [6.07, 6.45) is 0. The Kier molecular flexibility index (Phi) is 4.97. The molecule has 1 atom stereocenters. The first-order chi connectivity index (χ1) is 10.4. The van der Waals surface area contributed by atoms with Crippen molar-refractivity contribution in [2.75, 3.05) is 45.2 Å². The summed E-state index contributed by atoms with van der Waals surface area (Å²) in [5, 5.41) is 11.0. The van der Waals surface area contributed by atoms with E-state index in [4.69, 9.17) is 4.74 Å². The summed E-state index contributed by atoms with van der Waals surface area (Å²) < 4.78 is 4.79. The first-order valence-electron chi connectivity index (χ1n) is 7.23. The molecule has 1 fully saturated rings. The summed E-state index contributed by atoms with van der Waals surface area (Å²) >= 11 is 0. The molecule has 7 nitrogen and oxygen atoms in total. The van der Waals surface area contributed by atoms with Crippen LogP contribution in [-0.4, -0.2) is 56.1 Å². The minimum absolute atomic E-state index is 0.0105. The van der Waals surface area contributed by atoms with Crippen molar-refractivity contribution in [2.45, 2.75) is 12.8 Å². The van der Waals surface area contributed by atoms with Gasteiger partial charge in [-0.15, -0.1) is 0 Å². The van der Waals surface area contributed by atoms with Crippen molar-refractivity contribution in [3.63, 3.8) is 0 Å². The van der Waals surface area contributed by atoms with Crippen LogP contribution in [0.2, 0.25) is 0 Å². The van der Waals surface area contributed by atoms with E-state index in [-0.39, 0.29) is 5.69 Å². The number of hydrogen-bond donors (Lipinski definition) is 0. The fourth-order valence-electron chi connectivity index (χ4n) is 2.64. The van der Waals surface area contributed by atoms with Crippen LogP contribution in [0.25, 0.3) is 0 Å². The van der Waals surface area contributed by atoms with E-state index in [0.717, 1.165) is 31.9 Å². The number of benzene rings is 1. The zero-order valence-electron chi connectivity index (χ0n) is 13.1. The maximum atomic E-state index is 11.9. The Bertz CT molecular complexity index is 568. The van der Waals surface area contributed by atoms with Gasteiger partial charge in [-0.05, 0) is 25.6 Å². The van der Waals surface area contributed by atoms with Crippen molar-refractivity contribution >= 4 is 17.3 Å². The van der Waals surface area contributed by atoms with Crippen molar-refractivity contribution in [1.29, 1.82) is 0 Å². The van der Waals surface area contributed by atoms with Gasteiger partial charge in [0.1, 0.15) is 0 Å². The van der Waals surface area contributed by atoms with E-state index in [9.17, 15) is 14.9 Å². The molecule has 1 aliphatic rings. The molecule has 7 heteroatoms. The van der Waals surface area contributed by atoms with E-state index in [1.807, 2.05) is 0 Å². The van der Waals surface area contributed by atoms with Gasteiger partial charge in [0.25, 0.3) is 5.69 Å². The van der Waals surface area contributed by atoms with E-state index in [1.165, 1.54) is 19.2 Å². The zero-order chi connectivity index (χ0) is 16.3. The minimum Gasteiger partial charge on any atom is -0.469 e. The third-order valence-electron chi connectivity index (χ3n) is 4.09. The number of nitrogens with zero attached hydrogens (tertiary/aromatic N) is 3. The van der Waals surface area contributed by atoms with Crippen LogP contribution in [0.1, 0.15) is 18.4 Å². The molecular formula is C15H21N3O4. The lowest BCUT2D eigenvalue weighted by atomic mass is 9.97. The molecule has 0 bridgehead atoms. The lowest BCUT2D eigenvalue weighted by Gasteiger charge is -2.35. The second kappa shape index (κ2) is 6.74. The van der Waals surface area contributed by atoms with Crippen molar-refractivity contribution in [1.82, 2.24) is 4.90 Å². The minimum atomic E-state index is -0.542. The highest BCUT2D eigenvalue weighted by atomic mass is 16.6. The summed E-state index contributed by atoms with van der Waals surface area (Å²) in [6, 6.07) is 4.70. The van der Waals surface area contributed by atoms with Gasteiger partial charge in [-0.2, -0.15) is 0 Å². The summed E-state index contributed by atoms with van der Waals surface area (Å²) in [6.45, 7) is 5.21. The summed E-state index contributed by atoms with van der Waals surface area (Å²) in [5.74, 6) is -0.935. The monoisotopic (exact) mass is 307 g/mol. The first kappa shape index (κ1) is 16.2. The van der Waals surface area contributed by atoms with Gasteiger partial charge in [-0.3, -0.25) is 14.9 Å². The normalized spacial score (nSPS) is 17.1. The third kappa shape index (κ3) is 3.36. The van der Waals surface area contributed by atoms with Gasteiger partial charge in [-0.1, -0.05) is 0 Å². The van der Waals surface area contributed by atoms with Crippen LogP contribution < -0.4 is 4.90 Å². The number of hydrogen-bond acceptors (Lipinski definition) is 6. The van der Waals surface area contributed by atoms with Crippen LogP contribution in [0.5, 0.6) is 0 Å². The standard InChI is InChI=1S/C15H21N3O4/c1-11(15(19)22-3)13-10-12(18(20)21)4-5-14(13)17-8-6-16(2)7-9-17/h4-5,10-11H,6-9H2,1-3H3. The molecule has 0 N–H and O–H groups in total. The number of non-ortho nitro benzene ring substituents is 1. The van der Waals surface area contributed by atoms with Crippen LogP contribution in [0.3, 0.4) is 0 Å². The molecule has 0 amide bonds. The number of anilines is 1. The lowest BCUT2D eigenvalue weighted by Crippen LogP contribution is -2.45. The Balaban J connectivity index is 2.39. The second-order valence-electron chi connectivity index (χ2n) is 5.54. The Morgan fingerprint density at radius 3 is 2.50 bits per heavy atom. The van der Waals surface area contributed by atoms with E-state index >= 15 is 0 Å². The van der Waals surface area contributed by atoms with E-state index in [0.29, 0.717) is 5.56 Å². The number of ether oxygens (including phenoxy) is 1. The van der Waals surface area contributed by atoms with Crippen LogP contribution in [0.4, 0.5) is 11.4 Å². The quantitative estimate of drug-likeness (QED) is 0.478. The topological polar surface area (TPSA) is 75.9 Å². The number of methoxy groups -OCH3 is 1. The van der Waals surface area contributed by atoms with Crippen LogP contribution in [0, 0.1) is 10.1 Å². The van der Waals surface area contributed by atoms with Gasteiger partial charge >= 0.3 is 5.97 Å². The molecule has 2 rings (SSSR count). The predicted molar refractivity (Wildman–Crippen MR) is 83.2 cm³/mol. The molecule has 120 valence electrons. The summed E-state index contributed by atoms with van der Waals surface area (Å²) in [7, 11) is 3.39. The van der Waals surface area contributed by atoms with Gasteiger partial charge in [0, 0.05) is 44.0 Å². The van der Waals surface area contributed by atoms with Gasteiger partial charge < -0.3 is 14.5 Å². The highest BCUT2D eigenvalue weighted by molar-refractivity contribution is 5.81. The molecule has 0 aliphatic carbocycles. The van der Waals surface area contributed by atoms with Crippen LogP contribution >= 0.6 is 0 Å². The average Bonchev–Trinajstić information content (AvgIpc) is 2.53.